The summed E-state index contributed by atoms with van der Waals surface area (Å²) >= 11 is 0. The molecule has 1 atom stereocenters. The maximum absolute atomic E-state index is 14.2. The molecule has 2 N–H and O–H groups in total. The fourth-order valence-corrected chi connectivity index (χ4v) is 2.74. The standard InChI is InChI=1S/C15H22FN3O/c1-17-9-11-5-6-14(13(16)8-11)19-7-3-4-12(10-19)15(20)18-2/h5-6,8,12,17H,3-4,7,9-10H2,1-2H3,(H,18,20). The van der Waals surface area contributed by atoms with Crippen LogP contribution in [0.15, 0.2) is 18.2 Å². The fourth-order valence-electron chi connectivity index (χ4n) is 2.74. The number of piperidine rings is 1. The summed E-state index contributed by atoms with van der Waals surface area (Å²) in [5.74, 6) is -0.220. The molecule has 1 saturated heterocycles. The zero-order valence-corrected chi connectivity index (χ0v) is 12.1. The van der Waals surface area contributed by atoms with Gasteiger partial charge in [-0.25, -0.2) is 4.39 Å². The molecule has 1 amide bonds. The predicted octanol–water partition coefficient (Wildman–Crippen LogP) is 1.51. The monoisotopic (exact) mass is 279 g/mol. The number of nitrogens with zero attached hydrogens (tertiary/aromatic N) is 1. The number of carbonyl (C=O) groups is 1. The van der Waals surface area contributed by atoms with Gasteiger partial charge in [-0.1, -0.05) is 6.07 Å². The van der Waals surface area contributed by atoms with E-state index in [1.807, 2.05) is 24.1 Å². The number of rotatable bonds is 4. The second-order valence-corrected chi connectivity index (χ2v) is 5.22. The number of nitrogens with one attached hydrogen (secondary N) is 2. The van der Waals surface area contributed by atoms with E-state index in [1.165, 1.54) is 0 Å². The number of halogens is 1. The number of hydrogen-bond donors (Lipinski definition) is 2. The van der Waals surface area contributed by atoms with Crippen LogP contribution in [0.5, 0.6) is 0 Å². The highest BCUT2D eigenvalue weighted by Crippen LogP contribution is 2.26. The molecule has 0 aliphatic carbocycles. The Kier molecular flexibility index (Phi) is 4.95. The van der Waals surface area contributed by atoms with Gasteiger partial charge in [0.25, 0.3) is 0 Å². The Hall–Kier alpha value is -1.62. The maximum Gasteiger partial charge on any atom is 0.224 e. The lowest BCUT2D eigenvalue weighted by molar-refractivity contribution is -0.124. The van der Waals surface area contributed by atoms with E-state index in [-0.39, 0.29) is 17.6 Å². The molecule has 1 fully saturated rings. The third-order valence-corrected chi connectivity index (χ3v) is 3.77. The topological polar surface area (TPSA) is 44.4 Å². The van der Waals surface area contributed by atoms with E-state index in [4.69, 9.17) is 0 Å². The average Bonchev–Trinajstić information content (AvgIpc) is 2.47. The van der Waals surface area contributed by atoms with Crippen molar-refractivity contribution >= 4 is 11.6 Å². The molecule has 1 aliphatic rings. The van der Waals surface area contributed by atoms with Crippen LogP contribution in [0.25, 0.3) is 0 Å². The van der Waals surface area contributed by atoms with Gasteiger partial charge in [-0.15, -0.1) is 0 Å². The normalized spacial score (nSPS) is 18.9. The van der Waals surface area contributed by atoms with Gasteiger partial charge in [-0.05, 0) is 37.6 Å². The van der Waals surface area contributed by atoms with Gasteiger partial charge in [0.1, 0.15) is 5.82 Å². The first-order valence-electron chi connectivity index (χ1n) is 7.05. The van der Waals surface area contributed by atoms with Gasteiger partial charge in [-0.2, -0.15) is 0 Å². The molecule has 20 heavy (non-hydrogen) atoms. The number of carbonyl (C=O) groups excluding carboxylic acids is 1. The van der Waals surface area contributed by atoms with Crippen molar-refractivity contribution in [3.63, 3.8) is 0 Å². The largest absolute Gasteiger partial charge is 0.368 e. The van der Waals surface area contributed by atoms with Crippen LogP contribution in [0, 0.1) is 11.7 Å². The van der Waals surface area contributed by atoms with E-state index < -0.39 is 0 Å². The van der Waals surface area contributed by atoms with Crippen molar-refractivity contribution in [1.29, 1.82) is 0 Å². The van der Waals surface area contributed by atoms with Gasteiger partial charge in [0.15, 0.2) is 0 Å². The summed E-state index contributed by atoms with van der Waals surface area (Å²) in [7, 11) is 3.48. The van der Waals surface area contributed by atoms with Crippen molar-refractivity contribution in [3.05, 3.63) is 29.6 Å². The number of benzene rings is 1. The average molecular weight is 279 g/mol. The van der Waals surface area contributed by atoms with Crippen LogP contribution >= 0.6 is 0 Å². The van der Waals surface area contributed by atoms with Gasteiger partial charge < -0.3 is 15.5 Å². The summed E-state index contributed by atoms with van der Waals surface area (Å²) in [4.78, 5) is 13.7. The van der Waals surface area contributed by atoms with Crippen LogP contribution in [0.3, 0.4) is 0 Å². The predicted molar refractivity (Wildman–Crippen MR) is 78.2 cm³/mol. The van der Waals surface area contributed by atoms with Gasteiger partial charge in [0.2, 0.25) is 5.91 Å². The van der Waals surface area contributed by atoms with E-state index in [2.05, 4.69) is 10.6 Å². The second kappa shape index (κ2) is 6.70. The quantitative estimate of drug-likeness (QED) is 0.878. The molecule has 1 unspecified atom stereocenters. The van der Waals surface area contributed by atoms with E-state index >= 15 is 0 Å². The number of amides is 1. The van der Waals surface area contributed by atoms with Crippen molar-refractivity contribution in [1.82, 2.24) is 10.6 Å². The Morgan fingerprint density at radius 3 is 2.90 bits per heavy atom. The van der Waals surface area contributed by atoms with E-state index in [1.54, 1.807) is 13.1 Å². The molecule has 5 heteroatoms. The summed E-state index contributed by atoms with van der Waals surface area (Å²) in [6, 6.07) is 5.31. The van der Waals surface area contributed by atoms with Crippen molar-refractivity contribution in [2.24, 2.45) is 5.92 Å². The first-order chi connectivity index (χ1) is 9.65. The minimum absolute atomic E-state index is 0.0434. The van der Waals surface area contributed by atoms with Crippen LogP contribution < -0.4 is 15.5 Å². The Morgan fingerprint density at radius 2 is 2.25 bits per heavy atom. The van der Waals surface area contributed by atoms with Crippen LogP contribution in [-0.4, -0.2) is 33.1 Å². The van der Waals surface area contributed by atoms with Crippen molar-refractivity contribution in [2.75, 3.05) is 32.1 Å². The summed E-state index contributed by atoms with van der Waals surface area (Å²) < 4.78 is 14.2. The fraction of sp³-hybridized carbons (Fsp3) is 0.533. The zero-order chi connectivity index (χ0) is 14.5. The lowest BCUT2D eigenvalue weighted by Crippen LogP contribution is -2.42. The first-order valence-corrected chi connectivity index (χ1v) is 7.05. The van der Waals surface area contributed by atoms with Crippen LogP contribution in [0.4, 0.5) is 10.1 Å². The molecule has 2 rings (SSSR count). The molecule has 1 aromatic rings. The number of anilines is 1. The van der Waals surface area contributed by atoms with Gasteiger partial charge in [0.05, 0.1) is 11.6 Å². The molecule has 0 aromatic heterocycles. The van der Waals surface area contributed by atoms with Crippen molar-refractivity contribution in [3.8, 4) is 0 Å². The van der Waals surface area contributed by atoms with E-state index in [0.29, 0.717) is 18.8 Å². The zero-order valence-electron chi connectivity index (χ0n) is 12.1. The molecule has 110 valence electrons. The third kappa shape index (κ3) is 3.28. The van der Waals surface area contributed by atoms with Crippen LogP contribution in [0.1, 0.15) is 18.4 Å². The molecule has 0 bridgehead atoms. The molecule has 0 radical (unpaired) electrons. The van der Waals surface area contributed by atoms with Gasteiger partial charge >= 0.3 is 0 Å². The third-order valence-electron chi connectivity index (χ3n) is 3.77. The molecule has 0 spiro atoms. The molecule has 0 saturated carbocycles. The Balaban J connectivity index is 2.12. The molecule has 1 aromatic carbocycles. The van der Waals surface area contributed by atoms with Crippen molar-refractivity contribution < 1.29 is 9.18 Å². The lowest BCUT2D eigenvalue weighted by atomic mass is 9.96. The Morgan fingerprint density at radius 1 is 1.45 bits per heavy atom. The minimum Gasteiger partial charge on any atom is -0.368 e. The Bertz CT molecular complexity index is 478. The van der Waals surface area contributed by atoms with Gasteiger partial charge in [-0.3, -0.25) is 4.79 Å². The molecule has 4 nitrogen and oxygen atoms in total. The highest BCUT2D eigenvalue weighted by atomic mass is 19.1. The smallest absolute Gasteiger partial charge is 0.224 e. The highest BCUT2D eigenvalue weighted by molar-refractivity contribution is 5.79. The number of hydrogen-bond acceptors (Lipinski definition) is 3. The first kappa shape index (κ1) is 14.8. The van der Waals surface area contributed by atoms with Gasteiger partial charge in [0, 0.05) is 26.7 Å². The van der Waals surface area contributed by atoms with E-state index in [9.17, 15) is 9.18 Å². The highest BCUT2D eigenvalue weighted by Gasteiger charge is 2.26. The van der Waals surface area contributed by atoms with Crippen LogP contribution in [0.2, 0.25) is 0 Å². The molecule has 1 aliphatic heterocycles. The summed E-state index contributed by atoms with van der Waals surface area (Å²) in [6.07, 6.45) is 1.78. The maximum atomic E-state index is 14.2. The SMILES string of the molecule is CNCc1ccc(N2CCCC(C(=O)NC)C2)c(F)c1. The summed E-state index contributed by atoms with van der Waals surface area (Å²) in [5.41, 5.74) is 1.52. The summed E-state index contributed by atoms with van der Waals surface area (Å²) in [6.45, 7) is 2.04. The minimum atomic E-state index is -0.213. The van der Waals surface area contributed by atoms with Crippen LogP contribution in [-0.2, 0) is 11.3 Å². The van der Waals surface area contributed by atoms with Crippen molar-refractivity contribution in [2.45, 2.75) is 19.4 Å². The van der Waals surface area contributed by atoms with E-state index in [0.717, 1.165) is 24.9 Å². The molecular weight excluding hydrogens is 257 g/mol. The Labute approximate surface area is 119 Å². The lowest BCUT2D eigenvalue weighted by Gasteiger charge is -2.33. The summed E-state index contributed by atoms with van der Waals surface area (Å²) in [5, 5.41) is 5.69. The molecule has 1 heterocycles. The molecular formula is C15H22FN3O. The second-order valence-electron chi connectivity index (χ2n) is 5.22.